The van der Waals surface area contributed by atoms with Gasteiger partial charge in [-0.1, -0.05) is 6.92 Å². The zero-order chi connectivity index (χ0) is 13.6. The lowest BCUT2D eigenvalue weighted by Crippen LogP contribution is -2.46. The monoisotopic (exact) mass is 264 g/mol. The third kappa shape index (κ3) is 7.13. The van der Waals surface area contributed by atoms with Gasteiger partial charge in [0.2, 0.25) is 5.91 Å². The molecule has 7 heteroatoms. The van der Waals surface area contributed by atoms with Crippen LogP contribution < -0.4 is 5.32 Å². The summed E-state index contributed by atoms with van der Waals surface area (Å²) in [5.74, 6) is -1.01. The van der Waals surface area contributed by atoms with Crippen LogP contribution in [0.25, 0.3) is 0 Å². The van der Waals surface area contributed by atoms with Crippen molar-refractivity contribution in [3.63, 3.8) is 0 Å². The Morgan fingerprint density at radius 1 is 1.41 bits per heavy atom. The Morgan fingerprint density at radius 3 is 2.35 bits per heavy atom. The summed E-state index contributed by atoms with van der Waals surface area (Å²) in [6.07, 6.45) is 0.534. The molecule has 6 nitrogen and oxygen atoms in total. The summed E-state index contributed by atoms with van der Waals surface area (Å²) >= 11 is 0. The van der Waals surface area contributed by atoms with E-state index in [4.69, 9.17) is 0 Å². The lowest BCUT2D eigenvalue weighted by Gasteiger charge is -2.20. The van der Waals surface area contributed by atoms with Crippen molar-refractivity contribution < 1.29 is 19.4 Å². The molecular formula is C10H21N2O4P. The average molecular weight is 264 g/mol. The second-order valence-corrected chi connectivity index (χ2v) is 7.95. The second kappa shape index (κ2) is 6.77. The maximum Gasteiger partial charge on any atom is 0.268 e. The second-order valence-electron chi connectivity index (χ2n) is 4.48. The molecule has 0 aromatic carbocycles. The number of nitrogens with zero attached hydrogens (tertiary/aromatic N) is 1. The topological polar surface area (TPSA) is 86.7 Å². The fraction of sp³-hybridized carbons (Fsp3) is 0.800. The number of hydroxylamine groups is 2. The van der Waals surface area contributed by atoms with Crippen LogP contribution in [0.15, 0.2) is 0 Å². The van der Waals surface area contributed by atoms with Gasteiger partial charge in [0.1, 0.15) is 6.04 Å². The van der Waals surface area contributed by atoms with Crippen molar-refractivity contribution in [3.8, 4) is 0 Å². The molecule has 2 N–H and O–H groups in total. The first-order chi connectivity index (χ1) is 7.67. The minimum Gasteiger partial charge on any atom is -0.344 e. The van der Waals surface area contributed by atoms with Crippen LogP contribution in [0.3, 0.4) is 0 Å². The van der Waals surface area contributed by atoms with Crippen molar-refractivity contribution in [2.24, 2.45) is 0 Å². The quantitative estimate of drug-likeness (QED) is 0.421. The third-order valence-electron chi connectivity index (χ3n) is 1.96. The average Bonchev–Trinajstić information content (AvgIpc) is 2.13. The maximum absolute atomic E-state index is 11.5. The van der Waals surface area contributed by atoms with Crippen LogP contribution >= 0.6 is 7.14 Å². The van der Waals surface area contributed by atoms with E-state index in [0.717, 1.165) is 0 Å². The van der Waals surface area contributed by atoms with Gasteiger partial charge in [-0.05, 0) is 26.7 Å². The lowest BCUT2D eigenvalue weighted by atomic mass is 10.3. The molecule has 0 aliphatic heterocycles. The Balaban J connectivity index is 4.25. The van der Waals surface area contributed by atoms with Crippen molar-refractivity contribution in [2.45, 2.75) is 26.3 Å². The van der Waals surface area contributed by atoms with Crippen LogP contribution in [-0.2, 0) is 14.2 Å². The molecule has 0 heterocycles. The maximum atomic E-state index is 11.5. The molecule has 0 saturated heterocycles. The first-order valence-electron chi connectivity index (χ1n) is 5.51. The standard InChI is InChI=1S/C10H21N2O4P/c1-5-6-12(15)10(14)8(2)11-9(13)7-17(3,4)16/h8,15H,5-7H2,1-4H3,(H,11,13). The number of carbonyl (C=O) groups is 2. The van der Waals surface area contributed by atoms with E-state index in [-0.39, 0.29) is 12.7 Å². The molecule has 1 unspecified atom stereocenters. The smallest absolute Gasteiger partial charge is 0.268 e. The number of rotatable bonds is 6. The highest BCUT2D eigenvalue weighted by Gasteiger charge is 2.22. The Hall–Kier alpha value is -0.870. The van der Waals surface area contributed by atoms with Crippen LogP contribution in [0.4, 0.5) is 0 Å². The van der Waals surface area contributed by atoms with E-state index in [1.165, 1.54) is 20.3 Å². The molecule has 0 aromatic heterocycles. The molecule has 2 amide bonds. The van der Waals surface area contributed by atoms with E-state index in [1.54, 1.807) is 0 Å². The normalized spacial score (nSPS) is 13.0. The van der Waals surface area contributed by atoms with Crippen LogP contribution in [0, 0.1) is 0 Å². The summed E-state index contributed by atoms with van der Waals surface area (Å²) in [6, 6.07) is -0.814. The molecule has 0 aromatic rings. The molecule has 0 aliphatic carbocycles. The van der Waals surface area contributed by atoms with E-state index >= 15 is 0 Å². The molecule has 0 bridgehead atoms. The minimum absolute atomic E-state index is 0.0934. The molecule has 0 rings (SSSR count). The van der Waals surface area contributed by atoms with E-state index < -0.39 is 25.0 Å². The predicted octanol–water partition coefficient (Wildman–Crippen LogP) is 0.742. The van der Waals surface area contributed by atoms with Crippen LogP contribution in [0.5, 0.6) is 0 Å². The largest absolute Gasteiger partial charge is 0.344 e. The summed E-state index contributed by atoms with van der Waals surface area (Å²) in [7, 11) is -2.44. The lowest BCUT2D eigenvalue weighted by molar-refractivity contribution is -0.167. The highest BCUT2D eigenvalue weighted by Crippen LogP contribution is 2.34. The van der Waals surface area contributed by atoms with Gasteiger partial charge in [0.25, 0.3) is 5.91 Å². The van der Waals surface area contributed by atoms with E-state index in [9.17, 15) is 19.4 Å². The van der Waals surface area contributed by atoms with Gasteiger partial charge in [-0.15, -0.1) is 0 Å². The van der Waals surface area contributed by atoms with Gasteiger partial charge in [-0.25, -0.2) is 5.06 Å². The third-order valence-corrected chi connectivity index (χ3v) is 3.01. The fourth-order valence-corrected chi connectivity index (χ4v) is 2.02. The number of hydrogen-bond donors (Lipinski definition) is 2. The van der Waals surface area contributed by atoms with Crippen molar-refractivity contribution in [2.75, 3.05) is 26.0 Å². The van der Waals surface area contributed by atoms with E-state index in [2.05, 4.69) is 5.32 Å². The highest BCUT2D eigenvalue weighted by atomic mass is 31.2. The molecule has 0 spiro atoms. The van der Waals surface area contributed by atoms with Gasteiger partial charge in [0, 0.05) is 6.54 Å². The number of amides is 2. The zero-order valence-electron chi connectivity index (χ0n) is 10.8. The molecule has 0 radical (unpaired) electrons. The SMILES string of the molecule is CCCN(O)C(=O)C(C)NC(=O)CP(C)(C)=O. The van der Waals surface area contributed by atoms with Crippen molar-refractivity contribution in [1.29, 1.82) is 0 Å². The van der Waals surface area contributed by atoms with E-state index in [0.29, 0.717) is 11.5 Å². The van der Waals surface area contributed by atoms with Gasteiger partial charge < -0.3 is 9.88 Å². The first kappa shape index (κ1) is 16.1. The molecular weight excluding hydrogens is 243 g/mol. The number of hydrogen-bond acceptors (Lipinski definition) is 4. The van der Waals surface area contributed by atoms with Crippen molar-refractivity contribution in [3.05, 3.63) is 0 Å². The van der Waals surface area contributed by atoms with Crippen LogP contribution in [-0.4, -0.2) is 54.2 Å². The molecule has 0 fully saturated rings. The Bertz CT molecular complexity index is 326. The molecule has 0 aliphatic rings. The highest BCUT2D eigenvalue weighted by molar-refractivity contribution is 7.63. The predicted molar refractivity (Wildman–Crippen MR) is 65.7 cm³/mol. The summed E-state index contributed by atoms with van der Waals surface area (Å²) in [5.41, 5.74) is 0. The Morgan fingerprint density at radius 2 is 1.94 bits per heavy atom. The summed E-state index contributed by atoms with van der Waals surface area (Å²) in [4.78, 5) is 22.9. The Labute approximate surface area is 102 Å². The van der Waals surface area contributed by atoms with Crippen molar-refractivity contribution >= 4 is 19.0 Å². The van der Waals surface area contributed by atoms with E-state index in [1.807, 2.05) is 6.92 Å². The molecule has 100 valence electrons. The molecule has 17 heavy (non-hydrogen) atoms. The van der Waals surface area contributed by atoms with Gasteiger partial charge >= 0.3 is 0 Å². The van der Waals surface area contributed by atoms with Gasteiger partial charge in [-0.3, -0.25) is 14.8 Å². The number of nitrogens with one attached hydrogen (secondary N) is 1. The molecule has 1 atom stereocenters. The summed E-state index contributed by atoms with van der Waals surface area (Å²) in [5, 5.41) is 12.3. The summed E-state index contributed by atoms with van der Waals surface area (Å²) in [6.45, 7) is 6.54. The van der Waals surface area contributed by atoms with Crippen LogP contribution in [0.1, 0.15) is 20.3 Å². The van der Waals surface area contributed by atoms with Crippen molar-refractivity contribution in [1.82, 2.24) is 10.4 Å². The van der Waals surface area contributed by atoms with Gasteiger partial charge in [0.05, 0.1) is 13.3 Å². The first-order valence-corrected chi connectivity index (χ1v) is 8.29. The van der Waals surface area contributed by atoms with Crippen LogP contribution in [0.2, 0.25) is 0 Å². The number of carbonyl (C=O) groups excluding carboxylic acids is 2. The Kier molecular flexibility index (Phi) is 6.42. The molecule has 0 saturated carbocycles. The van der Waals surface area contributed by atoms with Gasteiger partial charge in [-0.2, -0.15) is 0 Å². The van der Waals surface area contributed by atoms with Gasteiger partial charge in [0.15, 0.2) is 0 Å². The zero-order valence-corrected chi connectivity index (χ0v) is 11.7. The minimum atomic E-state index is -2.44. The fourth-order valence-electron chi connectivity index (χ4n) is 1.24. The summed E-state index contributed by atoms with van der Waals surface area (Å²) < 4.78 is 11.4.